The lowest BCUT2D eigenvalue weighted by Crippen LogP contribution is -2.30. The number of methoxy groups -OCH3 is 1. The zero-order valence-corrected chi connectivity index (χ0v) is 11.2. The van der Waals surface area contributed by atoms with Gasteiger partial charge >= 0.3 is 0 Å². The Balaban J connectivity index is 2.70. The van der Waals surface area contributed by atoms with E-state index in [1.54, 1.807) is 7.11 Å². The van der Waals surface area contributed by atoms with Gasteiger partial charge in [-0.3, -0.25) is 4.98 Å². The number of aromatic nitrogens is 1. The number of pyridine rings is 1. The maximum Gasteiger partial charge on any atom is 0.0745 e. The highest BCUT2D eigenvalue weighted by Gasteiger charge is 2.07. The van der Waals surface area contributed by atoms with Crippen LogP contribution in [0.15, 0.2) is 18.3 Å². The highest BCUT2D eigenvalue weighted by atomic mass is 32.1. The van der Waals surface area contributed by atoms with Crippen molar-refractivity contribution in [3.8, 4) is 0 Å². The highest BCUT2D eigenvalue weighted by Crippen LogP contribution is 2.14. The first-order valence-electron chi connectivity index (χ1n) is 5.58. The number of anilines is 1. The number of ether oxygens (including phenoxy) is 1. The quantitative estimate of drug-likeness (QED) is 0.747. The van der Waals surface area contributed by atoms with Crippen molar-refractivity contribution in [1.82, 2.24) is 4.98 Å². The SMILES string of the molecule is COCCN(CCC(N)=S)c1ccnc(C)c1. The Labute approximate surface area is 108 Å². The van der Waals surface area contributed by atoms with Gasteiger partial charge in [0.15, 0.2) is 0 Å². The van der Waals surface area contributed by atoms with E-state index in [9.17, 15) is 0 Å². The summed E-state index contributed by atoms with van der Waals surface area (Å²) < 4.78 is 5.11. The van der Waals surface area contributed by atoms with Gasteiger partial charge in [0.05, 0.1) is 11.6 Å². The van der Waals surface area contributed by atoms with E-state index in [-0.39, 0.29) is 0 Å². The van der Waals surface area contributed by atoms with E-state index in [2.05, 4.69) is 16.0 Å². The number of hydrogen-bond donors (Lipinski definition) is 1. The summed E-state index contributed by atoms with van der Waals surface area (Å²) in [6.45, 7) is 4.29. The van der Waals surface area contributed by atoms with Crippen LogP contribution in [0.5, 0.6) is 0 Å². The van der Waals surface area contributed by atoms with Crippen LogP contribution in [0.2, 0.25) is 0 Å². The third-order valence-electron chi connectivity index (χ3n) is 2.44. The lowest BCUT2D eigenvalue weighted by atomic mass is 10.2. The minimum absolute atomic E-state index is 0.540. The normalized spacial score (nSPS) is 10.2. The second-order valence-corrected chi connectivity index (χ2v) is 4.38. The molecule has 0 unspecified atom stereocenters. The zero-order chi connectivity index (χ0) is 12.7. The highest BCUT2D eigenvalue weighted by molar-refractivity contribution is 7.80. The van der Waals surface area contributed by atoms with Crippen molar-refractivity contribution in [3.63, 3.8) is 0 Å². The summed E-state index contributed by atoms with van der Waals surface area (Å²) in [6, 6.07) is 4.04. The zero-order valence-electron chi connectivity index (χ0n) is 10.3. The van der Waals surface area contributed by atoms with Gasteiger partial charge in [0.2, 0.25) is 0 Å². The van der Waals surface area contributed by atoms with Gasteiger partial charge in [0.25, 0.3) is 0 Å². The van der Waals surface area contributed by atoms with Crippen LogP contribution in [0.25, 0.3) is 0 Å². The van der Waals surface area contributed by atoms with Gasteiger partial charge in [-0.25, -0.2) is 0 Å². The molecule has 0 atom stereocenters. The van der Waals surface area contributed by atoms with Crippen LogP contribution in [-0.4, -0.2) is 36.8 Å². The molecule has 0 aliphatic rings. The summed E-state index contributed by atoms with van der Waals surface area (Å²) in [4.78, 5) is 6.94. The molecule has 1 heterocycles. The number of rotatable bonds is 7. The molecule has 0 amide bonds. The van der Waals surface area contributed by atoms with Crippen LogP contribution in [-0.2, 0) is 4.74 Å². The Kier molecular flexibility index (Phi) is 5.86. The molecule has 0 saturated carbocycles. The predicted octanol–water partition coefficient (Wildman–Crippen LogP) is 1.52. The Morgan fingerprint density at radius 3 is 2.88 bits per heavy atom. The average molecular weight is 253 g/mol. The third-order valence-corrected chi connectivity index (χ3v) is 2.64. The van der Waals surface area contributed by atoms with Gasteiger partial charge in [-0.2, -0.15) is 0 Å². The van der Waals surface area contributed by atoms with E-state index < -0.39 is 0 Å². The molecule has 0 fully saturated rings. The van der Waals surface area contributed by atoms with Crippen LogP contribution in [0, 0.1) is 6.92 Å². The topological polar surface area (TPSA) is 51.4 Å². The summed E-state index contributed by atoms with van der Waals surface area (Å²) in [7, 11) is 1.70. The molecule has 2 N–H and O–H groups in total. The Bertz CT molecular complexity index is 371. The Morgan fingerprint density at radius 1 is 1.53 bits per heavy atom. The van der Waals surface area contributed by atoms with Crippen molar-refractivity contribution in [3.05, 3.63) is 24.0 Å². The van der Waals surface area contributed by atoms with Gasteiger partial charge in [-0.05, 0) is 19.1 Å². The molecule has 0 aromatic carbocycles. The second-order valence-electron chi connectivity index (χ2n) is 3.85. The van der Waals surface area contributed by atoms with Crippen molar-refractivity contribution in [2.24, 2.45) is 5.73 Å². The maximum atomic E-state index is 5.54. The lowest BCUT2D eigenvalue weighted by molar-refractivity contribution is 0.205. The molecule has 94 valence electrons. The fourth-order valence-corrected chi connectivity index (χ4v) is 1.64. The van der Waals surface area contributed by atoms with Gasteiger partial charge in [-0.1, -0.05) is 12.2 Å². The maximum absolute atomic E-state index is 5.54. The molecule has 0 bridgehead atoms. The second kappa shape index (κ2) is 7.19. The molecule has 1 aromatic rings. The number of nitrogens with two attached hydrogens (primary N) is 1. The lowest BCUT2D eigenvalue weighted by Gasteiger charge is -2.24. The van der Waals surface area contributed by atoms with Gasteiger partial charge in [-0.15, -0.1) is 0 Å². The molecule has 0 radical (unpaired) electrons. The molecular weight excluding hydrogens is 234 g/mol. The first-order valence-corrected chi connectivity index (χ1v) is 5.99. The molecule has 1 aromatic heterocycles. The van der Waals surface area contributed by atoms with Crippen LogP contribution in [0.1, 0.15) is 12.1 Å². The molecule has 17 heavy (non-hydrogen) atoms. The summed E-state index contributed by atoms with van der Waals surface area (Å²) in [5, 5.41) is 0. The fraction of sp³-hybridized carbons (Fsp3) is 0.500. The molecule has 0 saturated heterocycles. The molecule has 4 nitrogen and oxygen atoms in total. The Morgan fingerprint density at radius 2 is 2.29 bits per heavy atom. The van der Waals surface area contributed by atoms with Crippen LogP contribution in [0.3, 0.4) is 0 Å². The number of nitrogens with zero attached hydrogens (tertiary/aromatic N) is 2. The first-order chi connectivity index (χ1) is 8.13. The first kappa shape index (κ1) is 13.9. The monoisotopic (exact) mass is 253 g/mol. The standard InChI is InChI=1S/C12H19N3OS/c1-10-9-11(3-5-14-10)15(7-8-16-2)6-4-12(13)17/h3,5,9H,4,6-8H2,1-2H3,(H2,13,17). The Hall–Kier alpha value is -1.20. The van der Waals surface area contributed by atoms with E-state index in [1.807, 2.05) is 19.2 Å². The van der Waals surface area contributed by atoms with Gasteiger partial charge < -0.3 is 15.4 Å². The number of aryl methyl sites for hydroxylation is 1. The number of hydrogen-bond acceptors (Lipinski definition) is 4. The van der Waals surface area contributed by atoms with Crippen molar-refractivity contribution >= 4 is 22.9 Å². The van der Waals surface area contributed by atoms with Crippen molar-refractivity contribution in [1.29, 1.82) is 0 Å². The molecule has 0 aliphatic heterocycles. The summed E-state index contributed by atoms with van der Waals surface area (Å²) >= 11 is 4.91. The molecule has 0 aliphatic carbocycles. The number of thiocarbonyl (C=S) groups is 1. The van der Waals surface area contributed by atoms with Crippen LogP contribution in [0.4, 0.5) is 5.69 Å². The van der Waals surface area contributed by atoms with Crippen molar-refractivity contribution < 1.29 is 4.74 Å². The summed E-state index contributed by atoms with van der Waals surface area (Å²) in [6.07, 6.45) is 2.52. The van der Waals surface area contributed by atoms with Gasteiger partial charge in [0, 0.05) is 44.2 Å². The summed E-state index contributed by atoms with van der Waals surface area (Å²) in [5.41, 5.74) is 7.67. The molecule has 0 spiro atoms. The van der Waals surface area contributed by atoms with E-state index in [1.165, 1.54) is 0 Å². The van der Waals surface area contributed by atoms with E-state index in [0.717, 1.165) is 24.5 Å². The van der Waals surface area contributed by atoms with Crippen LogP contribution < -0.4 is 10.6 Å². The largest absolute Gasteiger partial charge is 0.393 e. The third kappa shape index (κ3) is 5.10. The average Bonchev–Trinajstić information content (AvgIpc) is 2.29. The van der Waals surface area contributed by atoms with E-state index >= 15 is 0 Å². The summed E-state index contributed by atoms with van der Waals surface area (Å²) in [5.74, 6) is 0. The fourth-order valence-electron chi connectivity index (χ4n) is 1.54. The minimum atomic E-state index is 0.540. The van der Waals surface area contributed by atoms with Crippen LogP contribution >= 0.6 is 12.2 Å². The smallest absolute Gasteiger partial charge is 0.0745 e. The predicted molar refractivity (Wildman–Crippen MR) is 74.5 cm³/mol. The van der Waals surface area contributed by atoms with Crippen molar-refractivity contribution in [2.75, 3.05) is 31.7 Å². The van der Waals surface area contributed by atoms with E-state index in [4.69, 9.17) is 22.7 Å². The van der Waals surface area contributed by atoms with Crippen molar-refractivity contribution in [2.45, 2.75) is 13.3 Å². The molecule has 1 rings (SSSR count). The molecule has 5 heteroatoms. The molecular formula is C12H19N3OS. The minimum Gasteiger partial charge on any atom is -0.393 e. The van der Waals surface area contributed by atoms with Gasteiger partial charge in [0.1, 0.15) is 0 Å². The van der Waals surface area contributed by atoms with E-state index in [0.29, 0.717) is 18.0 Å².